The fraction of sp³-hybridized carbons (Fsp3) is 0.935. The summed E-state index contributed by atoms with van der Waals surface area (Å²) in [4.78, 5) is 0. The molecule has 0 bridgehead atoms. The summed E-state index contributed by atoms with van der Waals surface area (Å²) in [7, 11) is 4.25. The molecule has 2 heteroatoms. The average molecular weight is 499 g/mol. The van der Waals surface area contributed by atoms with Crippen LogP contribution < -0.4 is 0 Å². The van der Waals surface area contributed by atoms with Crippen molar-refractivity contribution in [3.8, 4) is 0 Å². The van der Waals surface area contributed by atoms with Gasteiger partial charge in [-0.05, 0) is 56.8 Å². The van der Waals surface area contributed by atoms with E-state index in [1.54, 1.807) is 0 Å². The summed E-state index contributed by atoms with van der Waals surface area (Å²) in [5.74, 6) is 4.55. The van der Waals surface area contributed by atoms with Gasteiger partial charge in [-0.1, -0.05) is 152 Å². The first-order valence-corrected chi connectivity index (χ1v) is 17.0. The molecule has 2 atom stereocenters. The second-order valence-corrected chi connectivity index (χ2v) is 15.0. The van der Waals surface area contributed by atoms with Crippen LogP contribution in [0.5, 0.6) is 0 Å². The zero-order valence-corrected chi connectivity index (χ0v) is 25.7. The van der Waals surface area contributed by atoms with E-state index in [0.29, 0.717) is 4.75 Å². The van der Waals surface area contributed by atoms with Crippen LogP contribution in [0, 0.1) is 23.7 Å². The van der Waals surface area contributed by atoms with Crippen molar-refractivity contribution in [2.24, 2.45) is 23.7 Å². The van der Waals surface area contributed by atoms with Gasteiger partial charge in [-0.3, -0.25) is 0 Å². The lowest BCUT2D eigenvalue weighted by atomic mass is 9.80. The van der Waals surface area contributed by atoms with Crippen LogP contribution in [0.2, 0.25) is 0 Å². The molecular weight excluding hydrogens is 436 g/mol. The van der Waals surface area contributed by atoms with Gasteiger partial charge in [0.15, 0.2) is 0 Å². The third-order valence-corrected chi connectivity index (χ3v) is 10.3. The van der Waals surface area contributed by atoms with Crippen LogP contribution in [0.1, 0.15) is 152 Å². The van der Waals surface area contributed by atoms with Gasteiger partial charge >= 0.3 is 0 Å². The molecule has 0 rings (SSSR count). The Morgan fingerprint density at radius 2 is 1.30 bits per heavy atom. The molecule has 2 unspecified atom stereocenters. The number of hydrogen-bond acceptors (Lipinski definition) is 2. The van der Waals surface area contributed by atoms with Crippen molar-refractivity contribution in [3.05, 3.63) is 12.2 Å². The van der Waals surface area contributed by atoms with Crippen molar-refractivity contribution in [2.75, 3.05) is 5.75 Å². The van der Waals surface area contributed by atoms with Crippen LogP contribution in [-0.4, -0.2) is 10.5 Å². The van der Waals surface area contributed by atoms with Crippen molar-refractivity contribution in [1.29, 1.82) is 0 Å². The first-order chi connectivity index (χ1) is 15.7. The summed E-state index contributed by atoms with van der Waals surface area (Å²) in [6.45, 7) is 19.2. The molecule has 0 aromatic heterocycles. The van der Waals surface area contributed by atoms with Gasteiger partial charge in [0.2, 0.25) is 0 Å². The highest BCUT2D eigenvalue weighted by atomic mass is 33.1. The highest BCUT2D eigenvalue weighted by Crippen LogP contribution is 2.42. The van der Waals surface area contributed by atoms with Gasteiger partial charge in [0.25, 0.3) is 0 Å². The zero-order valence-electron chi connectivity index (χ0n) is 24.1. The van der Waals surface area contributed by atoms with Gasteiger partial charge in [0.1, 0.15) is 0 Å². The van der Waals surface area contributed by atoms with Crippen molar-refractivity contribution >= 4 is 21.6 Å². The SMILES string of the molecule is CCCCCCCC(CCCCCCC)C(C)CC(C)(C)SSCC/C=C\C(C)CC(C)C. The predicted molar refractivity (Wildman–Crippen MR) is 161 cm³/mol. The lowest BCUT2D eigenvalue weighted by molar-refractivity contribution is 0.267. The van der Waals surface area contributed by atoms with Gasteiger partial charge in [0, 0.05) is 10.5 Å². The molecule has 0 aliphatic carbocycles. The van der Waals surface area contributed by atoms with Crippen LogP contribution >= 0.6 is 21.6 Å². The van der Waals surface area contributed by atoms with E-state index >= 15 is 0 Å². The largest absolute Gasteiger partial charge is 0.0933 e. The van der Waals surface area contributed by atoms with E-state index in [0.717, 1.165) is 23.7 Å². The van der Waals surface area contributed by atoms with Crippen molar-refractivity contribution in [2.45, 2.75) is 156 Å². The molecule has 0 saturated carbocycles. The van der Waals surface area contributed by atoms with E-state index in [4.69, 9.17) is 0 Å². The number of allylic oxidation sites excluding steroid dienone is 2. The molecule has 0 spiro atoms. The maximum atomic E-state index is 2.56. The molecule has 0 radical (unpaired) electrons. The van der Waals surface area contributed by atoms with Crippen LogP contribution in [0.25, 0.3) is 0 Å². The molecule has 0 aromatic carbocycles. The fourth-order valence-corrected chi connectivity index (χ4v) is 7.84. The molecule has 0 N–H and O–H groups in total. The van der Waals surface area contributed by atoms with Gasteiger partial charge in [-0.15, -0.1) is 0 Å². The third-order valence-electron chi connectivity index (χ3n) is 6.94. The van der Waals surface area contributed by atoms with Gasteiger partial charge in [-0.25, -0.2) is 0 Å². The first-order valence-electron chi connectivity index (χ1n) is 14.7. The molecule has 0 heterocycles. The van der Waals surface area contributed by atoms with Gasteiger partial charge < -0.3 is 0 Å². The Bertz CT molecular complexity index is 426. The van der Waals surface area contributed by atoms with E-state index in [2.05, 4.69) is 89.1 Å². The van der Waals surface area contributed by atoms with Crippen LogP contribution in [0.15, 0.2) is 12.2 Å². The minimum Gasteiger partial charge on any atom is -0.0933 e. The molecule has 0 fully saturated rings. The summed E-state index contributed by atoms with van der Waals surface area (Å²) in [5, 5.41) is 0. The Kier molecular flexibility index (Phi) is 22.0. The smallest absolute Gasteiger partial charge is 0.0210 e. The zero-order chi connectivity index (χ0) is 25.0. The normalized spacial score (nSPS) is 14.6. The predicted octanol–water partition coefficient (Wildman–Crippen LogP) is 12.1. The topological polar surface area (TPSA) is 0 Å². The second-order valence-electron chi connectivity index (χ2n) is 11.8. The fourth-order valence-electron chi connectivity index (χ4n) is 5.18. The molecule has 198 valence electrons. The van der Waals surface area contributed by atoms with E-state index in [9.17, 15) is 0 Å². The van der Waals surface area contributed by atoms with Gasteiger partial charge in [-0.2, -0.15) is 0 Å². The van der Waals surface area contributed by atoms with E-state index in [1.165, 1.54) is 102 Å². The molecule has 0 aliphatic heterocycles. The standard InChI is InChI=1S/C31H62S2/c1-9-11-13-15-17-22-30(23-18-16-14-12-10-2)29(6)26-31(7,8)33-32-24-20-19-21-28(5)25-27(3)4/h19,21,27-30H,9-18,20,22-26H2,1-8H3/b21-19-. The first kappa shape index (κ1) is 33.4. The Balaban J connectivity index is 4.40. The van der Waals surface area contributed by atoms with Crippen molar-refractivity contribution < 1.29 is 0 Å². The summed E-state index contributed by atoms with van der Waals surface area (Å²) >= 11 is 0. The van der Waals surface area contributed by atoms with Crippen LogP contribution in [0.4, 0.5) is 0 Å². The molecule has 0 saturated heterocycles. The molecule has 0 aliphatic rings. The minimum absolute atomic E-state index is 0.376. The third kappa shape index (κ3) is 21.4. The lowest BCUT2D eigenvalue weighted by Crippen LogP contribution is -2.23. The van der Waals surface area contributed by atoms with Gasteiger partial charge in [0.05, 0.1) is 0 Å². The van der Waals surface area contributed by atoms with Crippen LogP contribution in [0.3, 0.4) is 0 Å². The summed E-state index contributed by atoms with van der Waals surface area (Å²) in [6.07, 6.45) is 25.9. The average Bonchev–Trinajstić information content (AvgIpc) is 2.73. The Morgan fingerprint density at radius 3 is 1.82 bits per heavy atom. The minimum atomic E-state index is 0.376. The molecule has 0 amide bonds. The maximum Gasteiger partial charge on any atom is 0.0210 e. The molecule has 0 aromatic rings. The number of rotatable bonds is 23. The summed E-state index contributed by atoms with van der Waals surface area (Å²) < 4.78 is 0.376. The molecular formula is C31H62S2. The summed E-state index contributed by atoms with van der Waals surface area (Å²) in [5.41, 5.74) is 0. The van der Waals surface area contributed by atoms with Crippen LogP contribution in [-0.2, 0) is 0 Å². The van der Waals surface area contributed by atoms with Crippen molar-refractivity contribution in [1.82, 2.24) is 0 Å². The Hall–Kier alpha value is 0.440. The highest BCUT2D eigenvalue weighted by Gasteiger charge is 2.26. The number of hydrogen-bond donors (Lipinski definition) is 0. The quantitative estimate of drug-likeness (QED) is 0.0780. The Morgan fingerprint density at radius 1 is 0.758 bits per heavy atom. The lowest BCUT2D eigenvalue weighted by Gasteiger charge is -2.32. The van der Waals surface area contributed by atoms with E-state index in [1.807, 2.05) is 0 Å². The monoisotopic (exact) mass is 498 g/mol. The van der Waals surface area contributed by atoms with E-state index < -0.39 is 0 Å². The highest BCUT2D eigenvalue weighted by molar-refractivity contribution is 8.77. The van der Waals surface area contributed by atoms with Crippen molar-refractivity contribution in [3.63, 3.8) is 0 Å². The second kappa shape index (κ2) is 21.7. The molecule has 33 heavy (non-hydrogen) atoms. The Labute approximate surface area is 219 Å². The molecule has 0 nitrogen and oxygen atoms in total. The maximum absolute atomic E-state index is 2.56. The van der Waals surface area contributed by atoms with E-state index in [-0.39, 0.29) is 0 Å². The summed E-state index contributed by atoms with van der Waals surface area (Å²) in [6, 6.07) is 0. The number of unbranched alkanes of at least 4 members (excludes halogenated alkanes) is 8.